The van der Waals surface area contributed by atoms with Crippen molar-refractivity contribution in [2.24, 2.45) is 0 Å². The standard InChI is InChI=1S/C53H49N5O.C28H28N2.C26H25N3O.2CH4/c1-30(2)36-15-11-16-37(31(3)4)49(36)47-28-55-52-44-26-34(21-23-40(44)42-14-9-10-20-46(42)57(47)52)59-35-22-24-41-43-19-13-25-54-51(43)58-48(29-56-53(58)45(41)27-35)50-38(32(5)6)17-12-18-39(50)33(7)8;1-17(2)20-10-8-11-21(18(3)4)27(20)26-16-29-28-24-15-19(5)13-14-22(24)23-9-6-7-12-25(23)30(26)28;1-15(2)18-7-5-8-19(16(3)4)24(18)23-14-28-26-22-13-17(30)10-11-20(22)21-9-6-12-27-25(21)29(23)26;;/h9-33H,1-8H3;6-18H,1-5H3;5-16,30H,1-4H3;2*1H4. The van der Waals surface area contributed by atoms with Crippen molar-refractivity contribution in [2.45, 2.75) is 180 Å². The molecule has 0 saturated carbocycles. The van der Waals surface area contributed by atoms with E-state index >= 15 is 0 Å². The molecular formula is C109H110N10O2. The highest BCUT2D eigenvalue weighted by Gasteiger charge is 2.28. The molecule has 0 bridgehead atoms. The van der Waals surface area contributed by atoms with E-state index in [1.165, 1.54) is 105 Å². The molecule has 20 aromatic rings. The molecule has 20 rings (SSSR count). The largest absolute Gasteiger partial charge is 0.508 e. The first kappa shape index (κ1) is 81.7. The molecule has 0 fully saturated rings. The van der Waals surface area contributed by atoms with Gasteiger partial charge in [0.1, 0.15) is 51.1 Å². The summed E-state index contributed by atoms with van der Waals surface area (Å²) >= 11 is 0. The van der Waals surface area contributed by atoms with Gasteiger partial charge >= 0.3 is 0 Å². The van der Waals surface area contributed by atoms with Gasteiger partial charge in [0.05, 0.1) is 58.6 Å². The lowest BCUT2D eigenvalue weighted by molar-refractivity contribution is 0.476. The number of fused-ring (bicyclic) bond motifs is 24. The van der Waals surface area contributed by atoms with Crippen molar-refractivity contribution in [1.82, 2.24) is 47.5 Å². The fraction of sp³-hybridized carbons (Fsp3) is 0.248. The molecule has 10 aromatic carbocycles. The second kappa shape index (κ2) is 32.6. The van der Waals surface area contributed by atoms with E-state index in [9.17, 15) is 5.11 Å². The lowest BCUT2D eigenvalue weighted by Gasteiger charge is -2.20. The van der Waals surface area contributed by atoms with Crippen molar-refractivity contribution in [3.63, 3.8) is 0 Å². The number of aromatic nitrogens is 10. The van der Waals surface area contributed by atoms with Crippen LogP contribution >= 0.6 is 0 Å². The SMILES string of the molecule is C.C.CC(C)c1cccc(C(C)C)c1-c1cnc2c3cc(O)ccc3c3cccnc3n12.CC(C)c1cccc(C(C)C)c1-c1cnc2c3cc(Oc4ccc5c6cccnc6n6c(-c7c(C(C)C)cccc7C(C)C)cnc6c5c4)ccc3c3ccccc3n12.Cc1ccc2c3ccccc3n3c(-c4c(C(C)C)cccc4C(C)C)cnc3c2c1. The van der Waals surface area contributed by atoms with E-state index in [0.29, 0.717) is 47.3 Å². The average molecular weight is 1590 g/mol. The van der Waals surface area contributed by atoms with Crippen LogP contribution in [0.2, 0.25) is 0 Å². The normalized spacial score (nSPS) is 12.0. The Morgan fingerprint density at radius 1 is 0.248 bits per heavy atom. The third kappa shape index (κ3) is 13.9. The first-order chi connectivity index (χ1) is 57.5. The van der Waals surface area contributed by atoms with Gasteiger partial charge in [-0.1, -0.05) is 253 Å². The van der Waals surface area contributed by atoms with Crippen molar-refractivity contribution in [3.8, 4) is 62.3 Å². The van der Waals surface area contributed by atoms with Gasteiger partial charge < -0.3 is 9.84 Å². The van der Waals surface area contributed by atoms with Crippen LogP contribution in [0.25, 0.3) is 155 Å². The first-order valence-corrected chi connectivity index (χ1v) is 42.4. The van der Waals surface area contributed by atoms with Crippen molar-refractivity contribution in [2.75, 3.05) is 0 Å². The van der Waals surface area contributed by atoms with E-state index in [1.54, 1.807) is 12.1 Å². The first-order valence-electron chi connectivity index (χ1n) is 42.4. The number of benzene rings is 10. The van der Waals surface area contributed by atoms with E-state index in [0.717, 1.165) is 111 Å². The molecule has 0 aliphatic heterocycles. The Labute approximate surface area is 710 Å². The molecule has 0 saturated heterocycles. The van der Waals surface area contributed by atoms with Crippen LogP contribution in [0.5, 0.6) is 17.2 Å². The summed E-state index contributed by atoms with van der Waals surface area (Å²) in [7, 11) is 0. The number of aromatic hydroxyl groups is 1. The minimum atomic E-state index is 0. The van der Waals surface area contributed by atoms with E-state index in [-0.39, 0.29) is 20.6 Å². The van der Waals surface area contributed by atoms with Gasteiger partial charge in [-0.2, -0.15) is 0 Å². The van der Waals surface area contributed by atoms with Crippen LogP contribution < -0.4 is 4.74 Å². The summed E-state index contributed by atoms with van der Waals surface area (Å²) in [5.74, 6) is 4.79. The summed E-state index contributed by atoms with van der Waals surface area (Å²) in [6.07, 6.45) is 11.8. The number of imidazole rings is 4. The smallest absolute Gasteiger partial charge is 0.146 e. The molecule has 0 amide bonds. The number of nitrogens with zero attached hydrogens (tertiary/aromatic N) is 10. The Hall–Kier alpha value is -13.1. The van der Waals surface area contributed by atoms with Gasteiger partial charge in [-0.25, -0.2) is 29.9 Å². The molecule has 0 radical (unpaired) electrons. The topological polar surface area (TPSA) is 124 Å². The van der Waals surface area contributed by atoms with E-state index in [4.69, 9.17) is 34.6 Å². The highest BCUT2D eigenvalue weighted by molar-refractivity contribution is 6.16. The quantitative estimate of drug-likeness (QED) is 0.107. The summed E-state index contributed by atoms with van der Waals surface area (Å²) < 4.78 is 16.0. The molecule has 10 heterocycles. The second-order valence-corrected chi connectivity index (χ2v) is 34.8. The van der Waals surface area contributed by atoms with Gasteiger partial charge in [0.15, 0.2) is 0 Å². The van der Waals surface area contributed by atoms with Crippen LogP contribution in [0.3, 0.4) is 0 Å². The number of rotatable bonds is 14. The Balaban J connectivity index is 0.000000148. The predicted molar refractivity (Wildman–Crippen MR) is 511 cm³/mol. The summed E-state index contributed by atoms with van der Waals surface area (Å²) in [6.45, 7) is 38.4. The summed E-state index contributed by atoms with van der Waals surface area (Å²) in [5.41, 5.74) is 29.2. The van der Waals surface area contributed by atoms with Gasteiger partial charge in [-0.15, -0.1) is 0 Å². The molecule has 608 valence electrons. The van der Waals surface area contributed by atoms with Gasteiger partial charge in [0.2, 0.25) is 0 Å². The summed E-state index contributed by atoms with van der Waals surface area (Å²) in [4.78, 5) is 29.8. The number of phenolic OH excluding ortho intramolecular Hbond substituents is 1. The van der Waals surface area contributed by atoms with Gasteiger partial charge in [-0.05, 0) is 217 Å². The van der Waals surface area contributed by atoms with Crippen LogP contribution in [0.4, 0.5) is 0 Å². The maximum absolute atomic E-state index is 10.2. The van der Waals surface area contributed by atoms with E-state index in [2.05, 4.69) is 336 Å². The van der Waals surface area contributed by atoms with Gasteiger partial charge in [0, 0.05) is 77.7 Å². The second-order valence-electron chi connectivity index (χ2n) is 34.8. The van der Waals surface area contributed by atoms with Crippen LogP contribution in [-0.4, -0.2) is 52.6 Å². The van der Waals surface area contributed by atoms with Gasteiger partial charge in [0.25, 0.3) is 0 Å². The lowest BCUT2D eigenvalue weighted by atomic mass is 9.87. The maximum atomic E-state index is 10.2. The number of pyridine rings is 6. The molecule has 0 spiro atoms. The number of phenols is 1. The minimum absolute atomic E-state index is 0. The highest BCUT2D eigenvalue weighted by Crippen LogP contribution is 2.47. The number of hydrogen-bond acceptors (Lipinski definition) is 8. The maximum Gasteiger partial charge on any atom is 0.146 e. The van der Waals surface area contributed by atoms with Crippen LogP contribution in [0.15, 0.2) is 256 Å². The van der Waals surface area contributed by atoms with Crippen LogP contribution in [-0.2, 0) is 0 Å². The zero-order valence-electron chi connectivity index (χ0n) is 71.2. The summed E-state index contributed by atoms with van der Waals surface area (Å²) in [5, 5.41) is 23.5. The number of aryl methyl sites for hydroxylation is 1. The average Bonchev–Trinajstić information content (AvgIpc) is 1.66. The lowest BCUT2D eigenvalue weighted by Crippen LogP contribution is -2.03. The zero-order chi connectivity index (χ0) is 82.7. The third-order valence-electron chi connectivity index (χ3n) is 24.4. The molecule has 0 aliphatic rings. The van der Waals surface area contributed by atoms with Crippen LogP contribution in [0, 0.1) is 6.92 Å². The van der Waals surface area contributed by atoms with Crippen LogP contribution in [0.1, 0.15) is 223 Å². The zero-order valence-corrected chi connectivity index (χ0v) is 71.2. The van der Waals surface area contributed by atoms with Crippen molar-refractivity contribution < 1.29 is 9.84 Å². The van der Waals surface area contributed by atoms with Crippen molar-refractivity contribution in [1.29, 1.82) is 0 Å². The van der Waals surface area contributed by atoms with Crippen molar-refractivity contribution >= 4 is 110 Å². The van der Waals surface area contributed by atoms with E-state index in [1.807, 2.05) is 43.0 Å². The minimum Gasteiger partial charge on any atom is -0.508 e. The molecule has 1 N–H and O–H groups in total. The Morgan fingerprint density at radius 2 is 0.521 bits per heavy atom. The molecular weight excluding hydrogens is 1480 g/mol. The predicted octanol–water partition coefficient (Wildman–Crippen LogP) is 30.4. The molecule has 12 nitrogen and oxygen atoms in total. The number of ether oxygens (including phenoxy) is 1. The molecule has 12 heteroatoms. The van der Waals surface area contributed by atoms with E-state index < -0.39 is 0 Å². The fourth-order valence-electron chi connectivity index (χ4n) is 18.7. The monoisotopic (exact) mass is 1590 g/mol. The fourth-order valence-corrected chi connectivity index (χ4v) is 18.7. The molecule has 0 aliphatic carbocycles. The molecule has 121 heavy (non-hydrogen) atoms. The third-order valence-corrected chi connectivity index (χ3v) is 24.4. The molecule has 0 unspecified atom stereocenters. The Morgan fingerprint density at radius 3 is 0.868 bits per heavy atom. The highest BCUT2D eigenvalue weighted by atomic mass is 16.5. The Kier molecular flexibility index (Phi) is 22.0. The Bertz CT molecular complexity index is 6860. The van der Waals surface area contributed by atoms with Crippen molar-refractivity contribution in [3.05, 3.63) is 306 Å². The summed E-state index contributed by atoms with van der Waals surface area (Å²) in [6, 6.07) is 77.3. The molecule has 10 aromatic heterocycles. The van der Waals surface area contributed by atoms with Gasteiger partial charge in [-0.3, -0.25) is 17.6 Å². The molecule has 0 atom stereocenters. The number of hydrogen-bond donors (Lipinski definition) is 1. The number of para-hydroxylation sites is 2.